The van der Waals surface area contributed by atoms with E-state index in [2.05, 4.69) is 15.6 Å². The van der Waals surface area contributed by atoms with E-state index in [-0.39, 0.29) is 12.1 Å². The number of carbonyl (C=O) groups is 1. The minimum absolute atomic E-state index is 0.221. The molecule has 1 heterocycles. The topological polar surface area (TPSA) is 139 Å². The summed E-state index contributed by atoms with van der Waals surface area (Å²) in [5.74, 6) is 0.673. The molecule has 0 saturated heterocycles. The molecule has 1 amide bonds. The number of primary amides is 1. The number of nitrogens with two attached hydrogens (primary N) is 2. The van der Waals surface area contributed by atoms with E-state index in [0.717, 1.165) is 53.9 Å². The fourth-order valence-corrected chi connectivity index (χ4v) is 4.78. The lowest BCUT2D eigenvalue weighted by molar-refractivity contribution is -0.112. The summed E-state index contributed by atoms with van der Waals surface area (Å²) in [5.41, 5.74) is 16.7. The molecule has 1 fully saturated rings. The molecule has 7 N–H and O–H groups in total. The van der Waals surface area contributed by atoms with Crippen LogP contribution >= 0.6 is 0 Å². The fraction of sp³-hybridized carbons (Fsp3) is 0.194. The molecule has 0 radical (unpaired) electrons. The van der Waals surface area contributed by atoms with Crippen LogP contribution in [-0.4, -0.2) is 33.1 Å². The molecule has 1 saturated carbocycles. The van der Waals surface area contributed by atoms with Crippen LogP contribution in [0.1, 0.15) is 36.8 Å². The summed E-state index contributed by atoms with van der Waals surface area (Å²) < 4.78 is 0. The number of para-hydroxylation sites is 1. The molecular weight excluding hydrogens is 488 g/mol. The first-order valence-corrected chi connectivity index (χ1v) is 13.1. The summed E-state index contributed by atoms with van der Waals surface area (Å²) in [6.07, 6.45) is 6.67. The van der Waals surface area contributed by atoms with Crippen LogP contribution in [0, 0.1) is 0 Å². The smallest absolute Gasteiger partial charge is 0.249 e. The van der Waals surface area contributed by atoms with Crippen molar-refractivity contribution in [1.82, 2.24) is 9.97 Å². The fourth-order valence-electron chi connectivity index (χ4n) is 4.78. The number of anilines is 4. The number of nitrogens with one attached hydrogen (secondary N) is 2. The summed E-state index contributed by atoms with van der Waals surface area (Å²) in [7, 11) is 0. The van der Waals surface area contributed by atoms with E-state index in [4.69, 9.17) is 16.5 Å². The molecule has 198 valence electrons. The van der Waals surface area contributed by atoms with Crippen molar-refractivity contribution in [2.45, 2.75) is 37.8 Å². The zero-order chi connectivity index (χ0) is 27.2. The van der Waals surface area contributed by atoms with Crippen molar-refractivity contribution in [3.63, 3.8) is 0 Å². The first-order valence-electron chi connectivity index (χ1n) is 13.1. The van der Waals surface area contributed by atoms with E-state index < -0.39 is 5.91 Å². The standard InChI is InChI=1S/C31H32N6O2/c32-28-9-5-4-8-25(28)26(29(33)39)18-20-10-12-23(13-11-20)36-31-34-19-27(21-6-2-1-3-7-21)30(37-31)35-22-14-16-24(38)17-15-22/h1-13,18-19,22,24,38H,14-17,32H2,(H2,33,39)(H2,34,35,36,37). The predicted octanol–water partition coefficient (Wildman–Crippen LogP) is 5.21. The number of nitrogen functional groups attached to an aromatic ring is 1. The third kappa shape index (κ3) is 6.42. The Balaban J connectivity index is 1.38. The maximum atomic E-state index is 12.1. The van der Waals surface area contributed by atoms with Crippen LogP contribution in [0.3, 0.4) is 0 Å². The molecular formula is C31H32N6O2. The lowest BCUT2D eigenvalue weighted by Gasteiger charge is -2.27. The Morgan fingerprint density at radius 1 is 0.923 bits per heavy atom. The molecule has 4 aromatic rings. The Bertz CT molecular complexity index is 1460. The number of aliphatic hydroxyl groups excluding tert-OH is 1. The molecule has 5 rings (SSSR count). The lowest BCUT2D eigenvalue weighted by atomic mass is 9.93. The van der Waals surface area contributed by atoms with Crippen molar-refractivity contribution < 1.29 is 9.90 Å². The van der Waals surface area contributed by atoms with Gasteiger partial charge in [0.2, 0.25) is 11.9 Å². The van der Waals surface area contributed by atoms with Gasteiger partial charge in [0.15, 0.2) is 0 Å². The third-order valence-corrected chi connectivity index (χ3v) is 6.91. The van der Waals surface area contributed by atoms with E-state index in [1.54, 1.807) is 18.2 Å². The normalized spacial score (nSPS) is 17.4. The highest BCUT2D eigenvalue weighted by molar-refractivity contribution is 6.24. The maximum Gasteiger partial charge on any atom is 0.249 e. The number of amides is 1. The minimum atomic E-state index is -0.547. The van der Waals surface area contributed by atoms with Crippen molar-refractivity contribution in [3.8, 4) is 11.1 Å². The minimum Gasteiger partial charge on any atom is -0.398 e. The summed E-state index contributed by atoms with van der Waals surface area (Å²) in [6.45, 7) is 0. The van der Waals surface area contributed by atoms with Gasteiger partial charge < -0.3 is 27.2 Å². The van der Waals surface area contributed by atoms with Crippen LogP contribution < -0.4 is 22.1 Å². The van der Waals surface area contributed by atoms with Crippen molar-refractivity contribution in [2.24, 2.45) is 5.73 Å². The predicted molar refractivity (Wildman–Crippen MR) is 157 cm³/mol. The second kappa shape index (κ2) is 11.8. The number of hydrogen-bond acceptors (Lipinski definition) is 7. The first-order chi connectivity index (χ1) is 19.0. The maximum absolute atomic E-state index is 12.1. The molecule has 0 bridgehead atoms. The van der Waals surface area contributed by atoms with Crippen LogP contribution in [-0.2, 0) is 4.79 Å². The number of carbonyl (C=O) groups excluding carboxylic acids is 1. The Morgan fingerprint density at radius 3 is 2.31 bits per heavy atom. The van der Waals surface area contributed by atoms with Gasteiger partial charge in [0.1, 0.15) is 5.82 Å². The van der Waals surface area contributed by atoms with Crippen LogP contribution in [0.2, 0.25) is 0 Å². The molecule has 8 heteroatoms. The lowest BCUT2D eigenvalue weighted by Crippen LogP contribution is -2.28. The molecule has 0 spiro atoms. The van der Waals surface area contributed by atoms with Gasteiger partial charge in [-0.15, -0.1) is 0 Å². The SMILES string of the molecule is NC(=O)C(=Cc1ccc(Nc2ncc(-c3ccccc3)c(NC3CCC(O)CC3)n2)cc1)c1ccccc1N. The van der Waals surface area contributed by atoms with Crippen LogP contribution in [0.5, 0.6) is 0 Å². The number of aliphatic hydroxyl groups is 1. The van der Waals surface area contributed by atoms with Gasteiger partial charge in [-0.25, -0.2) is 4.98 Å². The number of hydrogen-bond donors (Lipinski definition) is 5. The van der Waals surface area contributed by atoms with Crippen molar-refractivity contribution >= 4 is 40.7 Å². The Labute approximate surface area is 227 Å². The largest absolute Gasteiger partial charge is 0.398 e. The Kier molecular flexibility index (Phi) is 7.84. The zero-order valence-electron chi connectivity index (χ0n) is 21.5. The van der Waals surface area contributed by atoms with E-state index in [9.17, 15) is 9.90 Å². The van der Waals surface area contributed by atoms with Crippen molar-refractivity contribution in [2.75, 3.05) is 16.4 Å². The molecule has 1 aliphatic carbocycles. The second-order valence-electron chi connectivity index (χ2n) is 9.73. The highest BCUT2D eigenvalue weighted by Crippen LogP contribution is 2.31. The quantitative estimate of drug-likeness (QED) is 0.122. The summed E-state index contributed by atoms with van der Waals surface area (Å²) >= 11 is 0. The molecule has 0 aliphatic heterocycles. The van der Waals surface area contributed by atoms with Gasteiger partial charge in [-0.05, 0) is 61.1 Å². The second-order valence-corrected chi connectivity index (χ2v) is 9.73. The molecule has 1 aromatic heterocycles. The molecule has 0 atom stereocenters. The van der Waals surface area contributed by atoms with Gasteiger partial charge in [-0.2, -0.15) is 4.98 Å². The van der Waals surface area contributed by atoms with Gasteiger partial charge in [0.05, 0.1) is 6.10 Å². The monoisotopic (exact) mass is 520 g/mol. The Hall–Kier alpha value is -4.69. The number of aromatic nitrogens is 2. The summed E-state index contributed by atoms with van der Waals surface area (Å²) in [6, 6.07) is 25.0. The summed E-state index contributed by atoms with van der Waals surface area (Å²) in [5, 5.41) is 16.8. The third-order valence-electron chi connectivity index (χ3n) is 6.91. The van der Waals surface area contributed by atoms with Gasteiger partial charge in [-0.1, -0.05) is 60.7 Å². The highest BCUT2D eigenvalue weighted by Gasteiger charge is 2.21. The molecule has 3 aromatic carbocycles. The molecule has 0 unspecified atom stereocenters. The van der Waals surface area contributed by atoms with Gasteiger partial charge in [-0.3, -0.25) is 4.79 Å². The van der Waals surface area contributed by atoms with E-state index in [1.807, 2.05) is 72.9 Å². The van der Waals surface area contributed by atoms with Crippen molar-refractivity contribution in [3.05, 3.63) is 96.2 Å². The van der Waals surface area contributed by atoms with E-state index in [1.165, 1.54) is 0 Å². The average molecular weight is 521 g/mol. The number of nitrogens with zero attached hydrogens (tertiary/aromatic N) is 2. The molecule has 39 heavy (non-hydrogen) atoms. The average Bonchev–Trinajstić information content (AvgIpc) is 2.95. The van der Waals surface area contributed by atoms with Crippen LogP contribution in [0.4, 0.5) is 23.1 Å². The highest BCUT2D eigenvalue weighted by atomic mass is 16.3. The molecule has 8 nitrogen and oxygen atoms in total. The first kappa shape index (κ1) is 25.9. The van der Waals surface area contributed by atoms with E-state index in [0.29, 0.717) is 22.8 Å². The number of rotatable bonds is 8. The van der Waals surface area contributed by atoms with E-state index >= 15 is 0 Å². The van der Waals surface area contributed by atoms with Crippen LogP contribution in [0.25, 0.3) is 22.8 Å². The van der Waals surface area contributed by atoms with Gasteiger partial charge in [0, 0.05) is 40.3 Å². The van der Waals surface area contributed by atoms with Gasteiger partial charge >= 0.3 is 0 Å². The number of benzene rings is 3. The van der Waals surface area contributed by atoms with Gasteiger partial charge in [0.25, 0.3) is 0 Å². The Morgan fingerprint density at radius 2 is 1.62 bits per heavy atom. The molecule has 1 aliphatic rings. The van der Waals surface area contributed by atoms with Crippen LogP contribution in [0.15, 0.2) is 85.1 Å². The zero-order valence-corrected chi connectivity index (χ0v) is 21.5. The summed E-state index contributed by atoms with van der Waals surface area (Å²) in [4.78, 5) is 21.5. The van der Waals surface area contributed by atoms with Crippen molar-refractivity contribution in [1.29, 1.82) is 0 Å².